The normalized spacial score (nSPS) is 17.1. The van der Waals surface area contributed by atoms with Crippen molar-refractivity contribution < 1.29 is 22.3 Å². The standard InChI is InChI=1S/C24H25F3O2/c1-3-5-6-14-7-9-15(10-8-14)16-12-21-22(24(27)23(16)26)17-11-18(25)20(28-4-2)13-19(17)29-21/h7,11-13,15H,3-6,8-10H2,1-2H3. The lowest BCUT2D eigenvalue weighted by molar-refractivity contribution is 0.322. The molecule has 1 aliphatic carbocycles. The molecule has 4 rings (SSSR count). The Kier molecular flexibility index (Phi) is 5.57. The van der Waals surface area contributed by atoms with Crippen LogP contribution in [0.4, 0.5) is 13.2 Å². The van der Waals surface area contributed by atoms with Crippen molar-refractivity contribution in [1.82, 2.24) is 0 Å². The molecule has 0 saturated heterocycles. The molecule has 0 amide bonds. The van der Waals surface area contributed by atoms with E-state index in [-0.39, 0.29) is 33.6 Å². The molecule has 0 fully saturated rings. The van der Waals surface area contributed by atoms with Gasteiger partial charge in [0.15, 0.2) is 23.2 Å². The largest absolute Gasteiger partial charge is 0.491 e. The van der Waals surface area contributed by atoms with Crippen LogP contribution in [0, 0.1) is 17.5 Å². The highest BCUT2D eigenvalue weighted by Crippen LogP contribution is 2.41. The smallest absolute Gasteiger partial charge is 0.170 e. The van der Waals surface area contributed by atoms with Crippen molar-refractivity contribution >= 4 is 21.9 Å². The van der Waals surface area contributed by atoms with E-state index in [4.69, 9.17) is 9.15 Å². The van der Waals surface area contributed by atoms with Crippen molar-refractivity contribution in [2.75, 3.05) is 6.61 Å². The van der Waals surface area contributed by atoms with E-state index in [1.54, 1.807) is 13.0 Å². The molecule has 1 unspecified atom stereocenters. The van der Waals surface area contributed by atoms with Gasteiger partial charge in [-0.1, -0.05) is 25.0 Å². The Morgan fingerprint density at radius 2 is 1.90 bits per heavy atom. The molecule has 3 aromatic rings. The van der Waals surface area contributed by atoms with E-state index in [9.17, 15) is 13.2 Å². The fourth-order valence-corrected chi connectivity index (χ4v) is 4.25. The summed E-state index contributed by atoms with van der Waals surface area (Å²) in [5.74, 6) is -2.49. The first-order valence-electron chi connectivity index (χ1n) is 10.4. The number of hydrogen-bond donors (Lipinski definition) is 0. The van der Waals surface area contributed by atoms with Crippen LogP contribution in [0.25, 0.3) is 21.9 Å². The number of unbranched alkanes of at least 4 members (excludes halogenated alkanes) is 1. The molecule has 2 aromatic carbocycles. The van der Waals surface area contributed by atoms with Crippen LogP contribution in [0.3, 0.4) is 0 Å². The predicted octanol–water partition coefficient (Wildman–Crippen LogP) is 7.79. The van der Waals surface area contributed by atoms with Crippen molar-refractivity contribution in [3.05, 3.63) is 52.9 Å². The minimum atomic E-state index is -0.972. The third-order valence-corrected chi connectivity index (χ3v) is 5.82. The van der Waals surface area contributed by atoms with Crippen LogP contribution in [0.1, 0.15) is 63.9 Å². The topological polar surface area (TPSA) is 22.4 Å². The molecule has 1 heterocycles. The minimum absolute atomic E-state index is 0.0156. The number of fused-ring (bicyclic) bond motifs is 3. The molecule has 0 N–H and O–H groups in total. The van der Waals surface area contributed by atoms with Crippen molar-refractivity contribution in [3.63, 3.8) is 0 Å². The average Bonchev–Trinajstić information content (AvgIpc) is 3.07. The number of halogens is 3. The Morgan fingerprint density at radius 3 is 2.59 bits per heavy atom. The van der Waals surface area contributed by atoms with Crippen LogP contribution in [0.15, 0.2) is 34.3 Å². The summed E-state index contributed by atoms with van der Waals surface area (Å²) in [6.45, 7) is 4.21. The van der Waals surface area contributed by atoms with Gasteiger partial charge in [-0.15, -0.1) is 0 Å². The predicted molar refractivity (Wildman–Crippen MR) is 109 cm³/mol. The first-order valence-corrected chi connectivity index (χ1v) is 10.4. The lowest BCUT2D eigenvalue weighted by Crippen LogP contribution is -2.08. The van der Waals surface area contributed by atoms with Gasteiger partial charge in [-0.05, 0) is 62.6 Å². The summed E-state index contributed by atoms with van der Waals surface area (Å²) < 4.78 is 55.2. The molecule has 0 bridgehead atoms. The number of allylic oxidation sites excluding steroid dienone is 2. The third-order valence-electron chi connectivity index (χ3n) is 5.82. The number of rotatable bonds is 6. The fourth-order valence-electron chi connectivity index (χ4n) is 4.25. The summed E-state index contributed by atoms with van der Waals surface area (Å²) in [7, 11) is 0. The van der Waals surface area contributed by atoms with E-state index in [0.717, 1.165) is 38.2 Å². The van der Waals surface area contributed by atoms with E-state index in [0.29, 0.717) is 18.6 Å². The molecule has 154 valence electrons. The lowest BCUT2D eigenvalue weighted by atomic mass is 9.83. The minimum Gasteiger partial charge on any atom is -0.491 e. The molecule has 0 radical (unpaired) electrons. The maximum atomic E-state index is 15.0. The summed E-state index contributed by atoms with van der Waals surface area (Å²) >= 11 is 0. The summed E-state index contributed by atoms with van der Waals surface area (Å²) in [6, 6.07) is 4.13. The molecular formula is C24H25F3O2. The van der Waals surface area contributed by atoms with Crippen LogP contribution in [0.2, 0.25) is 0 Å². The van der Waals surface area contributed by atoms with Crippen LogP contribution in [-0.4, -0.2) is 6.61 Å². The Morgan fingerprint density at radius 1 is 1.07 bits per heavy atom. The molecule has 0 spiro atoms. The molecule has 0 aliphatic heterocycles. The van der Waals surface area contributed by atoms with Gasteiger partial charge >= 0.3 is 0 Å². The highest BCUT2D eigenvalue weighted by Gasteiger charge is 2.26. The second kappa shape index (κ2) is 8.13. The van der Waals surface area contributed by atoms with Gasteiger partial charge in [-0.3, -0.25) is 0 Å². The Balaban J connectivity index is 1.75. The first-order chi connectivity index (χ1) is 14.0. The maximum Gasteiger partial charge on any atom is 0.170 e. The van der Waals surface area contributed by atoms with Crippen LogP contribution in [-0.2, 0) is 0 Å². The van der Waals surface area contributed by atoms with E-state index >= 15 is 0 Å². The fraction of sp³-hybridized carbons (Fsp3) is 0.417. The van der Waals surface area contributed by atoms with E-state index in [2.05, 4.69) is 13.0 Å². The third kappa shape index (κ3) is 3.63. The SMILES string of the molecule is CCCCC1=CCC(c2cc3oc4cc(OCC)c(F)cc4c3c(F)c2F)CC1. The molecule has 1 aromatic heterocycles. The van der Waals surface area contributed by atoms with Crippen molar-refractivity contribution in [2.24, 2.45) is 0 Å². The summed E-state index contributed by atoms with van der Waals surface area (Å²) in [5, 5.41) is 0.201. The van der Waals surface area contributed by atoms with Gasteiger partial charge in [0.1, 0.15) is 11.2 Å². The van der Waals surface area contributed by atoms with E-state index in [1.807, 2.05) is 0 Å². The molecule has 1 atom stereocenters. The number of hydrogen-bond acceptors (Lipinski definition) is 2. The molecule has 5 heteroatoms. The van der Waals surface area contributed by atoms with Gasteiger partial charge in [0.05, 0.1) is 12.0 Å². The summed E-state index contributed by atoms with van der Waals surface area (Å²) in [5.41, 5.74) is 2.27. The highest BCUT2D eigenvalue weighted by atomic mass is 19.2. The summed E-state index contributed by atoms with van der Waals surface area (Å²) in [6.07, 6.45) is 7.96. The molecule has 1 aliphatic rings. The molecule has 0 saturated carbocycles. The van der Waals surface area contributed by atoms with Gasteiger partial charge in [0.25, 0.3) is 0 Å². The maximum absolute atomic E-state index is 15.0. The van der Waals surface area contributed by atoms with Crippen LogP contribution in [0.5, 0.6) is 5.75 Å². The van der Waals surface area contributed by atoms with E-state index < -0.39 is 17.5 Å². The average molecular weight is 402 g/mol. The Labute approximate surface area is 168 Å². The van der Waals surface area contributed by atoms with Gasteiger partial charge in [-0.2, -0.15) is 0 Å². The van der Waals surface area contributed by atoms with E-state index in [1.165, 1.54) is 11.6 Å². The van der Waals surface area contributed by atoms with Gasteiger partial charge < -0.3 is 9.15 Å². The highest BCUT2D eigenvalue weighted by molar-refractivity contribution is 6.05. The Hall–Kier alpha value is -2.43. The molecular weight excluding hydrogens is 377 g/mol. The Bertz CT molecular complexity index is 1080. The van der Waals surface area contributed by atoms with Crippen molar-refractivity contribution in [1.29, 1.82) is 0 Å². The second-order valence-electron chi connectivity index (χ2n) is 7.72. The number of ether oxygens (including phenoxy) is 1. The zero-order chi connectivity index (χ0) is 20.5. The number of benzene rings is 2. The first kappa shape index (κ1) is 19.9. The molecule has 2 nitrogen and oxygen atoms in total. The quantitative estimate of drug-likeness (QED) is 0.393. The molecule has 29 heavy (non-hydrogen) atoms. The second-order valence-corrected chi connectivity index (χ2v) is 7.72. The zero-order valence-corrected chi connectivity index (χ0v) is 16.8. The van der Waals surface area contributed by atoms with Crippen LogP contribution < -0.4 is 4.74 Å². The van der Waals surface area contributed by atoms with Gasteiger partial charge in [0, 0.05) is 11.5 Å². The van der Waals surface area contributed by atoms with Gasteiger partial charge in [0.2, 0.25) is 0 Å². The lowest BCUT2D eigenvalue weighted by Gasteiger charge is -2.23. The monoisotopic (exact) mass is 402 g/mol. The van der Waals surface area contributed by atoms with Crippen LogP contribution >= 0.6 is 0 Å². The van der Waals surface area contributed by atoms with Crippen molar-refractivity contribution in [2.45, 2.75) is 58.3 Å². The summed E-state index contributed by atoms with van der Waals surface area (Å²) in [4.78, 5) is 0. The number of furan rings is 1. The van der Waals surface area contributed by atoms with Gasteiger partial charge in [-0.25, -0.2) is 13.2 Å². The van der Waals surface area contributed by atoms with Crippen molar-refractivity contribution in [3.8, 4) is 5.75 Å². The zero-order valence-electron chi connectivity index (χ0n) is 16.8.